The molecule has 0 spiro atoms. The standard InChI is InChI=1S/C19H21N3O3S/c1-4-10-25-13-8-6-12(7-9-13)14-11-15(23)20-17-16(14)18(24)21-19(22(17)3)26-5-2/h4,6-9,14H,1,5,10-11H2,2-3H3,(H,20,23)/t14-/m0/s1. The Morgan fingerprint density at radius 3 is 2.77 bits per heavy atom. The van der Waals surface area contributed by atoms with Crippen molar-refractivity contribution in [3.05, 3.63) is 58.4 Å². The third kappa shape index (κ3) is 3.53. The van der Waals surface area contributed by atoms with Crippen molar-refractivity contribution >= 4 is 23.5 Å². The van der Waals surface area contributed by atoms with Crippen molar-refractivity contribution in [1.29, 1.82) is 0 Å². The van der Waals surface area contributed by atoms with Crippen LogP contribution in [-0.2, 0) is 11.8 Å². The molecule has 3 rings (SSSR count). The molecule has 6 nitrogen and oxygen atoms in total. The zero-order valence-electron chi connectivity index (χ0n) is 14.8. The molecule has 26 heavy (non-hydrogen) atoms. The van der Waals surface area contributed by atoms with Gasteiger partial charge in [0.05, 0.1) is 5.56 Å². The van der Waals surface area contributed by atoms with Crippen LogP contribution in [0.4, 0.5) is 5.82 Å². The van der Waals surface area contributed by atoms with Crippen LogP contribution in [0.15, 0.2) is 46.9 Å². The van der Waals surface area contributed by atoms with E-state index in [2.05, 4.69) is 16.9 Å². The minimum absolute atomic E-state index is 0.108. The molecule has 0 aliphatic carbocycles. The van der Waals surface area contributed by atoms with Crippen molar-refractivity contribution in [2.45, 2.75) is 24.4 Å². The van der Waals surface area contributed by atoms with Crippen molar-refractivity contribution in [2.24, 2.45) is 7.05 Å². The van der Waals surface area contributed by atoms with Crippen LogP contribution in [0.3, 0.4) is 0 Å². The fraction of sp³-hybridized carbons (Fsp3) is 0.316. The van der Waals surface area contributed by atoms with Crippen LogP contribution in [0.1, 0.15) is 30.4 Å². The number of anilines is 1. The maximum Gasteiger partial charge on any atom is 0.279 e. The van der Waals surface area contributed by atoms with Gasteiger partial charge in [-0.2, -0.15) is 4.98 Å². The normalized spacial score (nSPS) is 15.9. The zero-order valence-corrected chi connectivity index (χ0v) is 15.6. The topological polar surface area (TPSA) is 73.2 Å². The number of fused-ring (bicyclic) bond motifs is 1. The molecule has 1 atom stereocenters. The lowest BCUT2D eigenvalue weighted by molar-refractivity contribution is -0.116. The number of nitrogens with zero attached hydrogens (tertiary/aromatic N) is 2. The van der Waals surface area contributed by atoms with Crippen LogP contribution in [0.25, 0.3) is 0 Å². The molecule has 2 aromatic rings. The molecular formula is C19H21N3O3S. The average Bonchev–Trinajstić information content (AvgIpc) is 2.64. The van der Waals surface area contributed by atoms with Crippen LogP contribution < -0.4 is 15.6 Å². The van der Waals surface area contributed by atoms with Crippen molar-refractivity contribution < 1.29 is 9.53 Å². The molecule has 0 saturated heterocycles. The fourth-order valence-electron chi connectivity index (χ4n) is 3.03. The molecule has 1 aliphatic rings. The van der Waals surface area contributed by atoms with Gasteiger partial charge in [-0.3, -0.25) is 9.59 Å². The molecule has 1 aliphatic heterocycles. The van der Waals surface area contributed by atoms with Crippen molar-refractivity contribution in [3.63, 3.8) is 0 Å². The molecular weight excluding hydrogens is 350 g/mol. The third-order valence-corrected chi connectivity index (χ3v) is 5.14. The highest BCUT2D eigenvalue weighted by Gasteiger charge is 2.32. The van der Waals surface area contributed by atoms with E-state index in [1.807, 2.05) is 38.2 Å². The number of rotatable bonds is 6. The first-order valence-electron chi connectivity index (χ1n) is 8.42. The van der Waals surface area contributed by atoms with E-state index in [0.29, 0.717) is 23.1 Å². The summed E-state index contributed by atoms with van der Waals surface area (Å²) >= 11 is 1.47. The number of carbonyl (C=O) groups is 1. The van der Waals surface area contributed by atoms with Gasteiger partial charge in [0.15, 0.2) is 5.16 Å². The number of thioether (sulfide) groups is 1. The quantitative estimate of drug-likeness (QED) is 0.480. The highest BCUT2D eigenvalue weighted by atomic mass is 32.2. The van der Waals surface area contributed by atoms with Gasteiger partial charge in [0.25, 0.3) is 5.56 Å². The Labute approximate surface area is 156 Å². The Kier molecular flexibility index (Phi) is 5.46. The highest BCUT2D eigenvalue weighted by molar-refractivity contribution is 7.99. The van der Waals surface area contributed by atoms with E-state index in [4.69, 9.17) is 4.74 Å². The number of aromatic nitrogens is 2. The zero-order chi connectivity index (χ0) is 18.7. The molecule has 136 valence electrons. The summed E-state index contributed by atoms with van der Waals surface area (Å²) < 4.78 is 7.28. The molecule has 0 fully saturated rings. The predicted molar refractivity (Wildman–Crippen MR) is 103 cm³/mol. The van der Waals surface area contributed by atoms with E-state index in [1.165, 1.54) is 11.8 Å². The van der Waals surface area contributed by atoms with Gasteiger partial charge in [-0.25, -0.2) is 0 Å². The van der Waals surface area contributed by atoms with Crippen molar-refractivity contribution in [2.75, 3.05) is 17.7 Å². The molecule has 1 aromatic carbocycles. The predicted octanol–water partition coefficient (Wildman–Crippen LogP) is 2.93. The first-order valence-corrected chi connectivity index (χ1v) is 9.41. The third-order valence-electron chi connectivity index (χ3n) is 4.22. The molecule has 0 unspecified atom stereocenters. The first kappa shape index (κ1) is 18.3. The molecule has 1 aromatic heterocycles. The Morgan fingerprint density at radius 1 is 1.38 bits per heavy atom. The van der Waals surface area contributed by atoms with Crippen LogP contribution in [0, 0.1) is 0 Å². The van der Waals surface area contributed by atoms with E-state index < -0.39 is 0 Å². The number of hydrogen-bond acceptors (Lipinski definition) is 5. The smallest absolute Gasteiger partial charge is 0.279 e. The summed E-state index contributed by atoms with van der Waals surface area (Å²) in [5.74, 6) is 1.62. The number of benzene rings is 1. The van der Waals surface area contributed by atoms with Crippen LogP contribution >= 0.6 is 11.8 Å². The largest absolute Gasteiger partial charge is 0.490 e. The van der Waals surface area contributed by atoms with Gasteiger partial charge in [0, 0.05) is 19.4 Å². The molecule has 0 bridgehead atoms. The number of ether oxygens (including phenoxy) is 1. The van der Waals surface area contributed by atoms with E-state index in [-0.39, 0.29) is 23.8 Å². The summed E-state index contributed by atoms with van der Waals surface area (Å²) in [6, 6.07) is 7.45. The van der Waals surface area contributed by atoms with Crippen molar-refractivity contribution in [1.82, 2.24) is 9.55 Å². The number of amides is 1. The van der Waals surface area contributed by atoms with Gasteiger partial charge < -0.3 is 14.6 Å². The van der Waals surface area contributed by atoms with Gasteiger partial charge in [0.1, 0.15) is 18.2 Å². The minimum atomic E-state index is -0.320. The SMILES string of the molecule is C=CCOc1ccc([C@@H]2CC(=O)Nc3c2c(=O)nc(SCC)n3C)cc1. The molecule has 1 N–H and O–H groups in total. The molecule has 7 heteroatoms. The van der Waals surface area contributed by atoms with Gasteiger partial charge in [-0.1, -0.05) is 43.5 Å². The molecule has 2 heterocycles. The second kappa shape index (κ2) is 7.78. The summed E-state index contributed by atoms with van der Waals surface area (Å²) in [5, 5.41) is 3.44. The van der Waals surface area contributed by atoms with Crippen LogP contribution in [0.5, 0.6) is 5.75 Å². The van der Waals surface area contributed by atoms with Gasteiger partial charge in [-0.15, -0.1) is 0 Å². The van der Waals surface area contributed by atoms with Gasteiger partial charge in [0.2, 0.25) is 5.91 Å². The molecule has 0 radical (unpaired) electrons. The van der Waals surface area contributed by atoms with Crippen LogP contribution in [-0.4, -0.2) is 27.8 Å². The summed E-state index contributed by atoms with van der Waals surface area (Å²) in [5.41, 5.74) is 1.14. The Balaban J connectivity index is 2.03. The van der Waals surface area contributed by atoms with Crippen molar-refractivity contribution in [3.8, 4) is 5.75 Å². The number of nitrogens with one attached hydrogen (secondary N) is 1. The second-order valence-electron chi connectivity index (χ2n) is 5.93. The van der Waals surface area contributed by atoms with E-state index in [9.17, 15) is 9.59 Å². The maximum atomic E-state index is 12.7. The number of hydrogen-bond donors (Lipinski definition) is 1. The highest BCUT2D eigenvalue weighted by Crippen LogP contribution is 2.36. The summed E-state index contributed by atoms with van der Waals surface area (Å²) in [4.78, 5) is 29.2. The first-order chi connectivity index (χ1) is 12.5. The molecule has 1 amide bonds. The monoisotopic (exact) mass is 371 g/mol. The Bertz CT molecular complexity index is 890. The van der Waals surface area contributed by atoms with Gasteiger partial charge >= 0.3 is 0 Å². The maximum absolute atomic E-state index is 12.7. The molecule has 0 saturated carbocycles. The fourth-order valence-corrected chi connectivity index (χ4v) is 3.72. The minimum Gasteiger partial charge on any atom is -0.490 e. The van der Waals surface area contributed by atoms with E-state index in [0.717, 1.165) is 17.1 Å². The Hall–Kier alpha value is -2.54. The summed E-state index contributed by atoms with van der Waals surface area (Å²) in [6.07, 6.45) is 1.90. The summed E-state index contributed by atoms with van der Waals surface area (Å²) in [7, 11) is 1.82. The van der Waals surface area contributed by atoms with E-state index in [1.54, 1.807) is 10.6 Å². The Morgan fingerprint density at radius 2 is 2.12 bits per heavy atom. The van der Waals surface area contributed by atoms with Gasteiger partial charge in [-0.05, 0) is 23.4 Å². The lowest BCUT2D eigenvalue weighted by Gasteiger charge is -2.27. The lowest BCUT2D eigenvalue weighted by Crippen LogP contribution is -2.33. The average molecular weight is 371 g/mol. The van der Waals surface area contributed by atoms with E-state index >= 15 is 0 Å². The second-order valence-corrected chi connectivity index (χ2v) is 7.16. The number of carbonyl (C=O) groups excluding carboxylic acids is 1. The summed E-state index contributed by atoms with van der Waals surface area (Å²) in [6.45, 7) is 6.04. The lowest BCUT2D eigenvalue weighted by atomic mass is 9.87. The van der Waals surface area contributed by atoms with Crippen LogP contribution in [0.2, 0.25) is 0 Å².